The van der Waals surface area contributed by atoms with Crippen molar-refractivity contribution in [3.05, 3.63) is 69.9 Å². The van der Waals surface area contributed by atoms with Crippen molar-refractivity contribution in [2.24, 2.45) is 0 Å². The molecule has 0 aliphatic heterocycles. The number of rotatable bonds is 2. The van der Waals surface area contributed by atoms with Gasteiger partial charge in [-0.3, -0.25) is 9.78 Å². The van der Waals surface area contributed by atoms with Crippen LogP contribution in [0.5, 0.6) is 0 Å². The molecule has 0 saturated carbocycles. The van der Waals surface area contributed by atoms with Crippen molar-refractivity contribution in [1.29, 1.82) is 0 Å². The van der Waals surface area contributed by atoms with Crippen molar-refractivity contribution in [2.75, 3.05) is 5.32 Å². The van der Waals surface area contributed by atoms with E-state index in [0.29, 0.717) is 5.56 Å². The summed E-state index contributed by atoms with van der Waals surface area (Å²) < 4.78 is 1.11. The molecule has 4 heteroatoms. The third-order valence-electron chi connectivity index (χ3n) is 3.00. The monoisotopic (exact) mass is 374 g/mol. The lowest BCUT2D eigenvalue weighted by atomic mass is 10.1. The molecule has 3 aromatic rings. The SMILES string of the molecule is O=C(Nc1ccc(I)c2cccnc12)c1ccccc1. The second-order valence-corrected chi connectivity index (χ2v) is 5.48. The van der Waals surface area contributed by atoms with Crippen molar-refractivity contribution in [3.63, 3.8) is 0 Å². The summed E-state index contributed by atoms with van der Waals surface area (Å²) in [4.78, 5) is 16.6. The van der Waals surface area contributed by atoms with Gasteiger partial charge in [-0.1, -0.05) is 24.3 Å². The minimum atomic E-state index is -0.126. The van der Waals surface area contributed by atoms with E-state index < -0.39 is 0 Å². The number of fused-ring (bicyclic) bond motifs is 1. The molecule has 98 valence electrons. The molecule has 1 amide bonds. The number of carbonyl (C=O) groups is 1. The van der Waals surface area contributed by atoms with Crippen LogP contribution in [0.2, 0.25) is 0 Å². The lowest BCUT2D eigenvalue weighted by molar-refractivity contribution is 0.102. The normalized spacial score (nSPS) is 10.4. The summed E-state index contributed by atoms with van der Waals surface area (Å²) in [5.41, 5.74) is 2.17. The number of amides is 1. The Morgan fingerprint density at radius 1 is 1.00 bits per heavy atom. The number of nitrogens with zero attached hydrogens (tertiary/aromatic N) is 1. The molecule has 3 rings (SSSR count). The van der Waals surface area contributed by atoms with Crippen LogP contribution < -0.4 is 5.32 Å². The van der Waals surface area contributed by atoms with Crippen molar-refractivity contribution >= 4 is 45.1 Å². The molecule has 1 aromatic heterocycles. The molecular formula is C16H11IN2O. The van der Waals surface area contributed by atoms with Crippen LogP contribution in [0.3, 0.4) is 0 Å². The van der Waals surface area contributed by atoms with Crippen molar-refractivity contribution in [2.45, 2.75) is 0 Å². The van der Waals surface area contributed by atoms with E-state index >= 15 is 0 Å². The zero-order valence-electron chi connectivity index (χ0n) is 10.5. The molecule has 0 bridgehead atoms. The van der Waals surface area contributed by atoms with Gasteiger partial charge in [0.25, 0.3) is 5.91 Å². The standard InChI is InChI=1S/C16H11IN2O/c17-13-8-9-14(15-12(13)7-4-10-18-15)19-16(20)11-5-2-1-3-6-11/h1-10H,(H,19,20). The maximum absolute atomic E-state index is 12.2. The lowest BCUT2D eigenvalue weighted by Gasteiger charge is -2.09. The van der Waals surface area contributed by atoms with Gasteiger partial charge in [-0.15, -0.1) is 0 Å². The van der Waals surface area contributed by atoms with Crippen LogP contribution in [0.15, 0.2) is 60.8 Å². The Morgan fingerprint density at radius 2 is 1.80 bits per heavy atom. The summed E-state index contributed by atoms with van der Waals surface area (Å²) in [7, 11) is 0. The van der Waals surface area contributed by atoms with Gasteiger partial charge in [0, 0.05) is 20.7 Å². The molecular weight excluding hydrogens is 363 g/mol. The van der Waals surface area contributed by atoms with Crippen LogP contribution in [-0.2, 0) is 0 Å². The average molecular weight is 374 g/mol. The molecule has 3 nitrogen and oxygen atoms in total. The fourth-order valence-electron chi connectivity index (χ4n) is 2.02. The second-order valence-electron chi connectivity index (χ2n) is 4.31. The Morgan fingerprint density at radius 3 is 2.60 bits per heavy atom. The smallest absolute Gasteiger partial charge is 0.255 e. The van der Waals surface area contributed by atoms with E-state index in [1.165, 1.54) is 0 Å². The predicted octanol–water partition coefficient (Wildman–Crippen LogP) is 4.09. The minimum absolute atomic E-state index is 0.126. The molecule has 20 heavy (non-hydrogen) atoms. The first-order valence-electron chi connectivity index (χ1n) is 6.15. The van der Waals surface area contributed by atoms with Crippen molar-refractivity contribution in [1.82, 2.24) is 4.98 Å². The molecule has 0 aliphatic rings. The van der Waals surface area contributed by atoms with Crippen LogP contribution >= 0.6 is 22.6 Å². The van der Waals surface area contributed by atoms with Gasteiger partial charge in [0.1, 0.15) is 0 Å². The number of nitrogens with one attached hydrogen (secondary N) is 1. The van der Waals surface area contributed by atoms with Crippen molar-refractivity contribution in [3.8, 4) is 0 Å². The zero-order chi connectivity index (χ0) is 13.9. The fourth-order valence-corrected chi connectivity index (χ4v) is 2.64. The Labute approximate surface area is 130 Å². The molecule has 2 aromatic carbocycles. The Hall–Kier alpha value is -1.95. The van der Waals surface area contributed by atoms with Crippen LogP contribution in [0.1, 0.15) is 10.4 Å². The highest BCUT2D eigenvalue weighted by Gasteiger charge is 2.09. The number of aromatic nitrogens is 1. The van der Waals surface area contributed by atoms with E-state index in [1.807, 2.05) is 42.5 Å². The lowest BCUT2D eigenvalue weighted by Crippen LogP contribution is -2.12. The van der Waals surface area contributed by atoms with Crippen LogP contribution in [0.25, 0.3) is 10.9 Å². The van der Waals surface area contributed by atoms with E-state index in [0.717, 1.165) is 20.2 Å². The first-order chi connectivity index (χ1) is 9.75. The predicted molar refractivity (Wildman–Crippen MR) is 88.9 cm³/mol. The molecule has 1 N–H and O–H groups in total. The fraction of sp³-hybridized carbons (Fsp3) is 0. The van der Waals surface area contributed by atoms with Gasteiger partial charge in [-0.25, -0.2) is 0 Å². The summed E-state index contributed by atoms with van der Waals surface area (Å²) in [5.74, 6) is -0.126. The summed E-state index contributed by atoms with van der Waals surface area (Å²) in [6, 6.07) is 16.9. The van der Waals surface area contributed by atoms with E-state index in [4.69, 9.17) is 0 Å². The van der Waals surface area contributed by atoms with Gasteiger partial charge >= 0.3 is 0 Å². The summed E-state index contributed by atoms with van der Waals surface area (Å²) in [6.45, 7) is 0. The number of hydrogen-bond donors (Lipinski definition) is 1. The first kappa shape index (κ1) is 13.1. The zero-order valence-corrected chi connectivity index (χ0v) is 12.7. The molecule has 0 atom stereocenters. The summed E-state index contributed by atoms with van der Waals surface area (Å²) in [6.07, 6.45) is 1.73. The van der Waals surface area contributed by atoms with E-state index in [2.05, 4.69) is 32.9 Å². The molecule has 0 saturated heterocycles. The number of anilines is 1. The van der Waals surface area contributed by atoms with Crippen molar-refractivity contribution < 1.29 is 4.79 Å². The van der Waals surface area contributed by atoms with Gasteiger partial charge in [-0.05, 0) is 52.9 Å². The van der Waals surface area contributed by atoms with Crippen LogP contribution in [0.4, 0.5) is 5.69 Å². The molecule has 0 aliphatic carbocycles. The minimum Gasteiger partial charge on any atom is -0.320 e. The van der Waals surface area contributed by atoms with Gasteiger partial charge in [0.2, 0.25) is 0 Å². The largest absolute Gasteiger partial charge is 0.320 e. The topological polar surface area (TPSA) is 42.0 Å². The first-order valence-corrected chi connectivity index (χ1v) is 7.23. The molecule has 0 radical (unpaired) electrons. The molecule has 0 unspecified atom stereocenters. The van der Waals surface area contributed by atoms with Gasteiger partial charge in [0.05, 0.1) is 11.2 Å². The third-order valence-corrected chi connectivity index (χ3v) is 3.94. The Bertz CT molecular complexity index is 772. The van der Waals surface area contributed by atoms with E-state index in [-0.39, 0.29) is 5.91 Å². The quantitative estimate of drug-likeness (QED) is 0.687. The van der Waals surface area contributed by atoms with E-state index in [1.54, 1.807) is 18.3 Å². The summed E-state index contributed by atoms with van der Waals surface area (Å²) in [5, 5.41) is 3.96. The highest BCUT2D eigenvalue weighted by molar-refractivity contribution is 14.1. The molecule has 1 heterocycles. The van der Waals surface area contributed by atoms with E-state index in [9.17, 15) is 4.79 Å². The molecule has 0 spiro atoms. The van der Waals surface area contributed by atoms with Gasteiger partial charge in [-0.2, -0.15) is 0 Å². The number of benzene rings is 2. The maximum Gasteiger partial charge on any atom is 0.255 e. The maximum atomic E-state index is 12.2. The summed E-state index contributed by atoms with van der Waals surface area (Å²) >= 11 is 2.27. The molecule has 0 fully saturated rings. The number of hydrogen-bond acceptors (Lipinski definition) is 2. The van der Waals surface area contributed by atoms with Crippen LogP contribution in [0, 0.1) is 3.57 Å². The Balaban J connectivity index is 2.00. The van der Waals surface area contributed by atoms with Crippen LogP contribution in [-0.4, -0.2) is 10.9 Å². The number of halogens is 1. The second kappa shape index (κ2) is 5.58. The Kier molecular flexibility index (Phi) is 3.64. The third kappa shape index (κ3) is 2.51. The van der Waals surface area contributed by atoms with Gasteiger partial charge < -0.3 is 5.32 Å². The van der Waals surface area contributed by atoms with Gasteiger partial charge in [0.15, 0.2) is 0 Å². The average Bonchev–Trinajstić information content (AvgIpc) is 2.51. The number of pyridine rings is 1. The number of carbonyl (C=O) groups excluding carboxylic acids is 1. The highest BCUT2D eigenvalue weighted by atomic mass is 127. The highest BCUT2D eigenvalue weighted by Crippen LogP contribution is 2.26.